The lowest BCUT2D eigenvalue weighted by Gasteiger charge is -2.21. The maximum Gasteiger partial charge on any atom is 0.130 e. The lowest BCUT2D eigenvalue weighted by atomic mass is 9.90. The molecule has 1 fully saturated rings. The van der Waals surface area contributed by atoms with Crippen molar-refractivity contribution in [3.63, 3.8) is 0 Å². The molecule has 1 radical (unpaired) electrons. The Bertz CT molecular complexity index is 316. The predicted octanol–water partition coefficient (Wildman–Crippen LogP) is 3.45. The second-order valence-electron chi connectivity index (χ2n) is 4.41. The SMILES string of the molecule is COc1[c]ccc(OCC2CCCCC2)c1. The number of methoxy groups -OCH3 is 1. The Morgan fingerprint density at radius 3 is 2.88 bits per heavy atom. The van der Waals surface area contributed by atoms with Gasteiger partial charge < -0.3 is 9.47 Å². The fourth-order valence-corrected chi connectivity index (χ4v) is 2.20. The van der Waals surface area contributed by atoms with E-state index in [1.807, 2.05) is 18.2 Å². The summed E-state index contributed by atoms with van der Waals surface area (Å²) in [5, 5.41) is 0. The van der Waals surface area contributed by atoms with Gasteiger partial charge >= 0.3 is 0 Å². The van der Waals surface area contributed by atoms with E-state index < -0.39 is 0 Å². The van der Waals surface area contributed by atoms with Gasteiger partial charge in [0.05, 0.1) is 13.7 Å². The third-order valence-electron chi connectivity index (χ3n) is 3.18. The summed E-state index contributed by atoms with van der Waals surface area (Å²) in [5.41, 5.74) is 0. The fraction of sp³-hybridized carbons (Fsp3) is 0.571. The zero-order valence-corrected chi connectivity index (χ0v) is 9.87. The first-order chi connectivity index (χ1) is 7.88. The molecule has 87 valence electrons. The average molecular weight is 219 g/mol. The standard InChI is InChI=1S/C14H19O2/c1-15-13-8-5-9-14(10-13)16-11-12-6-3-2-4-7-12/h5,9-10,12H,2-4,6-7,11H2,1H3. The summed E-state index contributed by atoms with van der Waals surface area (Å²) in [7, 11) is 1.65. The molecular formula is C14H19O2. The zero-order chi connectivity index (χ0) is 11.2. The maximum atomic E-state index is 5.79. The van der Waals surface area contributed by atoms with Crippen LogP contribution in [0.25, 0.3) is 0 Å². The fourth-order valence-electron chi connectivity index (χ4n) is 2.20. The van der Waals surface area contributed by atoms with Gasteiger partial charge in [-0.15, -0.1) is 0 Å². The van der Waals surface area contributed by atoms with E-state index in [1.54, 1.807) is 7.11 Å². The summed E-state index contributed by atoms with van der Waals surface area (Å²) >= 11 is 0. The molecule has 0 amide bonds. The average Bonchev–Trinajstić information content (AvgIpc) is 2.38. The first kappa shape index (κ1) is 11.3. The molecule has 2 nitrogen and oxygen atoms in total. The minimum absolute atomic E-state index is 0.737. The largest absolute Gasteiger partial charge is 0.496 e. The van der Waals surface area contributed by atoms with Crippen molar-refractivity contribution in [3.8, 4) is 11.5 Å². The van der Waals surface area contributed by atoms with Gasteiger partial charge in [-0.05, 0) is 30.9 Å². The lowest BCUT2D eigenvalue weighted by Crippen LogP contribution is -2.15. The predicted molar refractivity (Wildman–Crippen MR) is 63.9 cm³/mol. The van der Waals surface area contributed by atoms with Crippen LogP contribution in [0.15, 0.2) is 18.2 Å². The summed E-state index contributed by atoms with van der Waals surface area (Å²) in [4.78, 5) is 0. The smallest absolute Gasteiger partial charge is 0.130 e. The van der Waals surface area contributed by atoms with Crippen LogP contribution in [0.5, 0.6) is 11.5 Å². The molecule has 2 rings (SSSR count). The molecule has 0 N–H and O–H groups in total. The molecule has 16 heavy (non-hydrogen) atoms. The van der Waals surface area contributed by atoms with Crippen molar-refractivity contribution in [1.29, 1.82) is 0 Å². The minimum Gasteiger partial charge on any atom is -0.496 e. The third kappa shape index (κ3) is 3.16. The van der Waals surface area contributed by atoms with Gasteiger partial charge in [0, 0.05) is 12.1 Å². The topological polar surface area (TPSA) is 18.5 Å². The first-order valence-electron chi connectivity index (χ1n) is 6.07. The van der Waals surface area contributed by atoms with Gasteiger partial charge in [-0.2, -0.15) is 0 Å². The van der Waals surface area contributed by atoms with Gasteiger partial charge in [-0.1, -0.05) is 19.3 Å². The molecular weight excluding hydrogens is 200 g/mol. The molecule has 0 atom stereocenters. The summed E-state index contributed by atoms with van der Waals surface area (Å²) in [6.45, 7) is 0.840. The Morgan fingerprint density at radius 1 is 1.31 bits per heavy atom. The molecule has 0 bridgehead atoms. The monoisotopic (exact) mass is 219 g/mol. The van der Waals surface area contributed by atoms with Gasteiger partial charge in [0.1, 0.15) is 11.5 Å². The summed E-state index contributed by atoms with van der Waals surface area (Å²) in [5.74, 6) is 2.37. The molecule has 0 aliphatic heterocycles. The Kier molecular flexibility index (Phi) is 4.09. The van der Waals surface area contributed by atoms with Crippen LogP contribution in [0.3, 0.4) is 0 Å². The van der Waals surface area contributed by atoms with Crippen molar-refractivity contribution < 1.29 is 9.47 Å². The lowest BCUT2D eigenvalue weighted by molar-refractivity contribution is 0.208. The molecule has 0 spiro atoms. The van der Waals surface area contributed by atoms with E-state index in [0.717, 1.165) is 24.0 Å². The third-order valence-corrected chi connectivity index (χ3v) is 3.18. The van der Waals surface area contributed by atoms with Crippen LogP contribution in [0.2, 0.25) is 0 Å². The van der Waals surface area contributed by atoms with E-state index in [9.17, 15) is 0 Å². The minimum atomic E-state index is 0.737. The molecule has 1 saturated carbocycles. The van der Waals surface area contributed by atoms with Crippen molar-refractivity contribution in [1.82, 2.24) is 0 Å². The highest BCUT2D eigenvalue weighted by atomic mass is 16.5. The van der Waals surface area contributed by atoms with Crippen molar-refractivity contribution in [2.75, 3.05) is 13.7 Å². The number of ether oxygens (including phenoxy) is 2. The van der Waals surface area contributed by atoms with Gasteiger partial charge in [-0.25, -0.2) is 0 Å². The van der Waals surface area contributed by atoms with Crippen LogP contribution >= 0.6 is 0 Å². The van der Waals surface area contributed by atoms with E-state index in [-0.39, 0.29) is 0 Å². The van der Waals surface area contributed by atoms with Crippen molar-refractivity contribution in [3.05, 3.63) is 24.3 Å². The van der Waals surface area contributed by atoms with Gasteiger partial charge in [0.25, 0.3) is 0 Å². The molecule has 0 heterocycles. The Labute approximate surface area is 97.6 Å². The normalized spacial score (nSPS) is 17.1. The van der Waals surface area contributed by atoms with Crippen LogP contribution in [0.1, 0.15) is 32.1 Å². The van der Waals surface area contributed by atoms with Crippen LogP contribution in [-0.2, 0) is 0 Å². The number of benzene rings is 1. The van der Waals surface area contributed by atoms with Crippen LogP contribution in [0, 0.1) is 12.0 Å². The van der Waals surface area contributed by atoms with Crippen LogP contribution < -0.4 is 9.47 Å². The van der Waals surface area contributed by atoms with E-state index in [4.69, 9.17) is 9.47 Å². The highest BCUT2D eigenvalue weighted by Gasteiger charge is 2.13. The molecule has 0 unspecified atom stereocenters. The van der Waals surface area contributed by atoms with E-state index in [1.165, 1.54) is 32.1 Å². The van der Waals surface area contributed by atoms with E-state index in [2.05, 4.69) is 6.07 Å². The van der Waals surface area contributed by atoms with Crippen molar-refractivity contribution >= 4 is 0 Å². The molecule has 1 aromatic rings. The number of hydrogen-bond donors (Lipinski definition) is 0. The maximum absolute atomic E-state index is 5.79. The summed E-state index contributed by atoms with van der Waals surface area (Å²) < 4.78 is 10.9. The second kappa shape index (κ2) is 5.78. The zero-order valence-electron chi connectivity index (χ0n) is 9.87. The summed E-state index contributed by atoms with van der Waals surface area (Å²) in [6, 6.07) is 8.66. The van der Waals surface area contributed by atoms with E-state index >= 15 is 0 Å². The molecule has 2 heteroatoms. The van der Waals surface area contributed by atoms with Gasteiger partial charge in [0.15, 0.2) is 0 Å². The van der Waals surface area contributed by atoms with Crippen LogP contribution in [-0.4, -0.2) is 13.7 Å². The van der Waals surface area contributed by atoms with Crippen molar-refractivity contribution in [2.24, 2.45) is 5.92 Å². The number of rotatable bonds is 4. The summed E-state index contributed by atoms with van der Waals surface area (Å²) in [6.07, 6.45) is 6.75. The van der Waals surface area contributed by atoms with Gasteiger partial charge in [-0.3, -0.25) is 0 Å². The molecule has 0 saturated heterocycles. The van der Waals surface area contributed by atoms with Crippen molar-refractivity contribution in [2.45, 2.75) is 32.1 Å². The Balaban J connectivity index is 1.83. The molecule has 1 aromatic carbocycles. The Morgan fingerprint density at radius 2 is 2.12 bits per heavy atom. The molecule has 1 aliphatic rings. The highest BCUT2D eigenvalue weighted by Crippen LogP contribution is 2.25. The second-order valence-corrected chi connectivity index (χ2v) is 4.41. The van der Waals surface area contributed by atoms with Crippen LogP contribution in [0.4, 0.5) is 0 Å². The van der Waals surface area contributed by atoms with Gasteiger partial charge in [0.2, 0.25) is 0 Å². The molecule has 1 aliphatic carbocycles. The highest BCUT2D eigenvalue weighted by molar-refractivity contribution is 5.31. The first-order valence-corrected chi connectivity index (χ1v) is 6.07. The molecule has 0 aromatic heterocycles. The number of hydrogen-bond acceptors (Lipinski definition) is 2. The quantitative estimate of drug-likeness (QED) is 0.772. The van der Waals surface area contributed by atoms with E-state index in [0.29, 0.717) is 0 Å². The Hall–Kier alpha value is -1.18.